The zero-order valence-electron chi connectivity index (χ0n) is 13.6. The van der Waals surface area contributed by atoms with Crippen LogP contribution in [0.15, 0.2) is 30.3 Å². The van der Waals surface area contributed by atoms with E-state index in [0.29, 0.717) is 18.1 Å². The highest BCUT2D eigenvalue weighted by Crippen LogP contribution is 2.36. The Morgan fingerprint density at radius 3 is 2.60 bits per heavy atom. The Balaban J connectivity index is 2.31. The average Bonchev–Trinajstić information content (AvgIpc) is 2.57. The van der Waals surface area contributed by atoms with Crippen LogP contribution in [0.3, 0.4) is 0 Å². The van der Waals surface area contributed by atoms with Crippen LogP contribution in [0.4, 0.5) is 10.1 Å². The molecule has 2 rings (SSSR count). The van der Waals surface area contributed by atoms with Gasteiger partial charge in [-0.05, 0) is 37.3 Å². The Hall–Kier alpha value is -2.80. The van der Waals surface area contributed by atoms with Gasteiger partial charge in [0, 0.05) is 11.3 Å². The maximum Gasteiger partial charge on any atom is 0.255 e. The maximum absolute atomic E-state index is 13.5. The molecule has 0 fully saturated rings. The highest BCUT2D eigenvalue weighted by atomic mass is 35.5. The van der Waals surface area contributed by atoms with Gasteiger partial charge in [-0.3, -0.25) is 9.59 Å². The highest BCUT2D eigenvalue weighted by Gasteiger charge is 2.17. The first-order valence-corrected chi connectivity index (χ1v) is 7.66. The van der Waals surface area contributed by atoms with Crippen molar-refractivity contribution in [1.29, 1.82) is 0 Å². The number of halogens is 2. The molecule has 3 N–H and O–H groups in total. The van der Waals surface area contributed by atoms with Crippen molar-refractivity contribution in [2.45, 2.75) is 6.92 Å². The van der Waals surface area contributed by atoms with Gasteiger partial charge in [-0.2, -0.15) is 0 Å². The maximum atomic E-state index is 13.5. The number of amides is 2. The molecule has 8 heteroatoms. The summed E-state index contributed by atoms with van der Waals surface area (Å²) in [5, 5.41) is 2.75. The molecule has 2 amide bonds. The lowest BCUT2D eigenvalue weighted by molar-refractivity contribution is 0.0992. The molecule has 0 atom stereocenters. The summed E-state index contributed by atoms with van der Waals surface area (Å²) < 4.78 is 24.1. The topological polar surface area (TPSA) is 90.6 Å². The molecule has 0 heterocycles. The molecular weight excluding hydrogens is 351 g/mol. The molecule has 2 aromatic rings. The standard InChI is InChI=1S/C17H16ClFN2O4/c1-3-25-15-12(18)6-9(7-14(15)24-2)17(23)21-10-4-5-13(19)11(8-10)16(20)22/h4-8H,3H2,1-2H3,(H2,20,22)(H,21,23). The quantitative estimate of drug-likeness (QED) is 0.821. The van der Waals surface area contributed by atoms with E-state index in [1.165, 1.54) is 25.3 Å². The third-order valence-electron chi connectivity index (χ3n) is 3.27. The van der Waals surface area contributed by atoms with Crippen molar-refractivity contribution in [3.05, 3.63) is 52.3 Å². The third kappa shape index (κ3) is 4.19. The van der Waals surface area contributed by atoms with E-state index in [1.54, 1.807) is 6.92 Å². The van der Waals surface area contributed by atoms with Crippen LogP contribution in [0.25, 0.3) is 0 Å². The second-order valence-electron chi connectivity index (χ2n) is 4.94. The second-order valence-corrected chi connectivity index (χ2v) is 5.34. The normalized spacial score (nSPS) is 10.2. The van der Waals surface area contributed by atoms with Crippen LogP contribution in [-0.4, -0.2) is 25.5 Å². The summed E-state index contributed by atoms with van der Waals surface area (Å²) in [4.78, 5) is 23.6. The molecule has 25 heavy (non-hydrogen) atoms. The Morgan fingerprint density at radius 1 is 1.28 bits per heavy atom. The van der Waals surface area contributed by atoms with E-state index in [4.69, 9.17) is 26.8 Å². The minimum atomic E-state index is -0.931. The number of benzene rings is 2. The monoisotopic (exact) mass is 366 g/mol. The highest BCUT2D eigenvalue weighted by molar-refractivity contribution is 6.32. The number of hydrogen-bond acceptors (Lipinski definition) is 4. The van der Waals surface area contributed by atoms with Crippen LogP contribution in [-0.2, 0) is 0 Å². The second kappa shape index (κ2) is 7.85. The number of carbonyl (C=O) groups excluding carboxylic acids is 2. The van der Waals surface area contributed by atoms with E-state index in [0.717, 1.165) is 12.1 Å². The molecule has 0 aliphatic carbocycles. The SMILES string of the molecule is CCOc1c(Cl)cc(C(=O)Nc2ccc(F)c(C(N)=O)c2)cc1OC. The largest absolute Gasteiger partial charge is 0.493 e. The Bertz CT molecular complexity index is 827. The number of hydrogen-bond donors (Lipinski definition) is 2. The summed E-state index contributed by atoms with van der Waals surface area (Å²) >= 11 is 6.13. The van der Waals surface area contributed by atoms with Gasteiger partial charge in [-0.15, -0.1) is 0 Å². The fraction of sp³-hybridized carbons (Fsp3) is 0.176. The van der Waals surface area contributed by atoms with Gasteiger partial charge in [0.1, 0.15) is 5.82 Å². The third-order valence-corrected chi connectivity index (χ3v) is 3.55. The van der Waals surface area contributed by atoms with Gasteiger partial charge in [0.15, 0.2) is 11.5 Å². The Labute approximate surface area is 148 Å². The molecule has 0 aliphatic heterocycles. The molecule has 132 valence electrons. The van der Waals surface area contributed by atoms with Crippen molar-refractivity contribution in [1.82, 2.24) is 0 Å². The molecule has 0 radical (unpaired) electrons. The number of carbonyl (C=O) groups is 2. The first-order chi connectivity index (χ1) is 11.9. The number of nitrogens with two attached hydrogens (primary N) is 1. The summed E-state index contributed by atoms with van der Waals surface area (Å²) in [5.74, 6) is -1.58. The number of methoxy groups -OCH3 is 1. The molecule has 0 unspecified atom stereocenters. The van der Waals surface area contributed by atoms with Crippen LogP contribution in [0.1, 0.15) is 27.6 Å². The first kappa shape index (κ1) is 18.5. The van der Waals surface area contributed by atoms with E-state index in [-0.39, 0.29) is 21.8 Å². The van der Waals surface area contributed by atoms with E-state index in [2.05, 4.69) is 5.32 Å². The van der Waals surface area contributed by atoms with E-state index < -0.39 is 17.6 Å². The van der Waals surface area contributed by atoms with Crippen molar-refractivity contribution < 1.29 is 23.5 Å². The van der Waals surface area contributed by atoms with Gasteiger partial charge in [-0.25, -0.2) is 4.39 Å². The van der Waals surface area contributed by atoms with Gasteiger partial charge in [0.05, 0.1) is 24.3 Å². The molecule has 0 aliphatic rings. The van der Waals surface area contributed by atoms with E-state index in [1.807, 2.05) is 0 Å². The van der Waals surface area contributed by atoms with Crippen LogP contribution >= 0.6 is 11.6 Å². The van der Waals surface area contributed by atoms with E-state index >= 15 is 0 Å². The lowest BCUT2D eigenvalue weighted by Gasteiger charge is -2.13. The molecule has 0 saturated carbocycles. The average molecular weight is 367 g/mol. The molecule has 0 bridgehead atoms. The zero-order chi connectivity index (χ0) is 18.6. The summed E-state index contributed by atoms with van der Waals surface area (Å²) in [6.07, 6.45) is 0. The van der Waals surface area contributed by atoms with Crippen molar-refractivity contribution >= 4 is 29.1 Å². The fourth-order valence-corrected chi connectivity index (χ4v) is 2.40. The number of rotatable bonds is 6. The predicted octanol–water partition coefficient (Wildman–Crippen LogP) is 3.24. The lowest BCUT2D eigenvalue weighted by Crippen LogP contribution is -2.16. The fourth-order valence-electron chi connectivity index (χ4n) is 2.13. The molecule has 0 saturated heterocycles. The van der Waals surface area contributed by atoms with Gasteiger partial charge in [0.25, 0.3) is 11.8 Å². The summed E-state index contributed by atoms with van der Waals surface area (Å²) in [6.45, 7) is 2.17. The van der Waals surface area contributed by atoms with Crippen LogP contribution in [0.5, 0.6) is 11.5 Å². The Kier molecular flexibility index (Phi) is 5.82. The Morgan fingerprint density at radius 2 is 2.00 bits per heavy atom. The lowest BCUT2D eigenvalue weighted by atomic mass is 10.1. The van der Waals surface area contributed by atoms with Crippen LogP contribution in [0, 0.1) is 5.82 Å². The van der Waals surface area contributed by atoms with Crippen molar-refractivity contribution in [3.8, 4) is 11.5 Å². The molecule has 0 spiro atoms. The minimum Gasteiger partial charge on any atom is -0.493 e. The number of primary amides is 1. The molecule has 6 nitrogen and oxygen atoms in total. The smallest absolute Gasteiger partial charge is 0.255 e. The molecular formula is C17H16ClFN2O4. The summed E-state index contributed by atoms with van der Waals surface area (Å²) in [7, 11) is 1.43. The molecule has 0 aromatic heterocycles. The molecule has 2 aromatic carbocycles. The van der Waals surface area contributed by atoms with Crippen molar-refractivity contribution in [2.75, 3.05) is 19.0 Å². The van der Waals surface area contributed by atoms with Crippen LogP contribution in [0.2, 0.25) is 5.02 Å². The minimum absolute atomic E-state index is 0.204. The van der Waals surface area contributed by atoms with E-state index in [9.17, 15) is 14.0 Å². The van der Waals surface area contributed by atoms with Gasteiger partial charge >= 0.3 is 0 Å². The van der Waals surface area contributed by atoms with Crippen LogP contribution < -0.4 is 20.5 Å². The summed E-state index contributed by atoms with van der Waals surface area (Å²) in [5.41, 5.74) is 5.19. The van der Waals surface area contributed by atoms with Gasteiger partial charge in [0.2, 0.25) is 0 Å². The summed E-state index contributed by atoms with van der Waals surface area (Å²) in [6, 6.07) is 6.39. The number of anilines is 1. The first-order valence-electron chi connectivity index (χ1n) is 7.28. The van der Waals surface area contributed by atoms with Gasteiger partial charge < -0.3 is 20.5 Å². The number of ether oxygens (including phenoxy) is 2. The van der Waals surface area contributed by atoms with Gasteiger partial charge in [-0.1, -0.05) is 11.6 Å². The zero-order valence-corrected chi connectivity index (χ0v) is 14.3. The van der Waals surface area contributed by atoms with Crippen molar-refractivity contribution in [3.63, 3.8) is 0 Å². The van der Waals surface area contributed by atoms with Crippen molar-refractivity contribution in [2.24, 2.45) is 5.73 Å². The predicted molar refractivity (Wildman–Crippen MR) is 92.0 cm³/mol. The number of nitrogens with one attached hydrogen (secondary N) is 1.